The predicted octanol–water partition coefficient (Wildman–Crippen LogP) is 3.40. The van der Waals surface area contributed by atoms with E-state index in [-0.39, 0.29) is 11.9 Å². The Kier molecular flexibility index (Phi) is 3.74. The van der Waals surface area contributed by atoms with Crippen molar-refractivity contribution in [1.29, 1.82) is 0 Å². The number of aryl methyl sites for hydroxylation is 1. The topological polar surface area (TPSA) is 26.3 Å². The number of esters is 1. The quantitative estimate of drug-likeness (QED) is 0.764. The minimum Gasteiger partial charge on any atom is -0.469 e. The second kappa shape index (κ2) is 5.13. The van der Waals surface area contributed by atoms with Gasteiger partial charge in [0.2, 0.25) is 0 Å². The molecule has 0 saturated carbocycles. The maximum Gasteiger partial charge on any atom is 0.312 e. The number of rotatable bonds is 3. The molecular formula is C16H22O2. The average molecular weight is 246 g/mol. The smallest absolute Gasteiger partial charge is 0.312 e. The summed E-state index contributed by atoms with van der Waals surface area (Å²) < 4.78 is 4.84. The molecular weight excluding hydrogens is 224 g/mol. The van der Waals surface area contributed by atoms with E-state index < -0.39 is 0 Å². The Morgan fingerprint density at radius 3 is 2.56 bits per heavy atom. The van der Waals surface area contributed by atoms with Crippen LogP contribution in [0.3, 0.4) is 0 Å². The maximum atomic E-state index is 11.7. The first-order chi connectivity index (χ1) is 8.56. The van der Waals surface area contributed by atoms with E-state index in [1.54, 1.807) is 0 Å². The number of hydrogen-bond acceptors (Lipinski definition) is 2. The molecule has 0 amide bonds. The first-order valence-corrected chi connectivity index (χ1v) is 6.76. The molecule has 0 heterocycles. The van der Waals surface area contributed by atoms with Crippen LogP contribution in [0.1, 0.15) is 48.4 Å². The lowest BCUT2D eigenvalue weighted by Crippen LogP contribution is -2.12. The highest BCUT2D eigenvalue weighted by atomic mass is 16.5. The standard InChI is InChI=1S/C16H22O2/c1-5-12-7-13-6-10(2)15(9-14(13)8-12)11(3)16(17)18-4/h6,9,11-12H,5,7-8H2,1-4H3. The third-order valence-electron chi connectivity index (χ3n) is 4.20. The van der Waals surface area contributed by atoms with Crippen molar-refractivity contribution in [2.45, 2.75) is 46.0 Å². The molecule has 0 spiro atoms. The molecule has 0 aromatic heterocycles. The molecule has 98 valence electrons. The van der Waals surface area contributed by atoms with Gasteiger partial charge in [-0.2, -0.15) is 0 Å². The summed E-state index contributed by atoms with van der Waals surface area (Å²) in [6.45, 7) is 6.27. The maximum absolute atomic E-state index is 11.7. The van der Waals surface area contributed by atoms with Crippen molar-refractivity contribution in [2.75, 3.05) is 7.11 Å². The summed E-state index contributed by atoms with van der Waals surface area (Å²) in [7, 11) is 1.45. The van der Waals surface area contributed by atoms with E-state index in [1.165, 1.54) is 36.6 Å². The molecule has 2 atom stereocenters. The van der Waals surface area contributed by atoms with Crippen LogP contribution in [0.5, 0.6) is 0 Å². The lowest BCUT2D eigenvalue weighted by atomic mass is 9.92. The van der Waals surface area contributed by atoms with Gasteiger partial charge in [0, 0.05) is 0 Å². The third kappa shape index (κ3) is 2.29. The van der Waals surface area contributed by atoms with E-state index in [0.717, 1.165) is 17.9 Å². The zero-order chi connectivity index (χ0) is 13.3. The van der Waals surface area contributed by atoms with Crippen molar-refractivity contribution in [2.24, 2.45) is 5.92 Å². The van der Waals surface area contributed by atoms with Gasteiger partial charge in [-0.1, -0.05) is 25.5 Å². The molecule has 2 rings (SSSR count). The van der Waals surface area contributed by atoms with E-state index in [2.05, 4.69) is 26.0 Å². The van der Waals surface area contributed by atoms with E-state index >= 15 is 0 Å². The summed E-state index contributed by atoms with van der Waals surface area (Å²) in [4.78, 5) is 11.7. The normalized spacial score (nSPS) is 19.4. The minimum atomic E-state index is -0.166. The van der Waals surface area contributed by atoms with Gasteiger partial charge in [-0.15, -0.1) is 0 Å². The molecule has 0 N–H and O–H groups in total. The number of carbonyl (C=O) groups is 1. The zero-order valence-corrected chi connectivity index (χ0v) is 11.7. The van der Waals surface area contributed by atoms with Crippen LogP contribution < -0.4 is 0 Å². The van der Waals surface area contributed by atoms with E-state index in [0.29, 0.717) is 0 Å². The summed E-state index contributed by atoms with van der Waals surface area (Å²) in [5.74, 6) is 0.465. The number of ether oxygens (including phenoxy) is 1. The van der Waals surface area contributed by atoms with Crippen LogP contribution in [0.25, 0.3) is 0 Å². The van der Waals surface area contributed by atoms with Gasteiger partial charge >= 0.3 is 5.97 Å². The van der Waals surface area contributed by atoms with Crippen LogP contribution in [-0.4, -0.2) is 13.1 Å². The fraction of sp³-hybridized carbons (Fsp3) is 0.562. The fourth-order valence-electron chi connectivity index (χ4n) is 2.96. The lowest BCUT2D eigenvalue weighted by molar-refractivity contribution is -0.142. The Morgan fingerprint density at radius 2 is 2.00 bits per heavy atom. The Balaban J connectivity index is 2.33. The summed E-state index contributed by atoms with van der Waals surface area (Å²) in [5, 5.41) is 0. The molecule has 0 bridgehead atoms. The van der Waals surface area contributed by atoms with Crippen LogP contribution >= 0.6 is 0 Å². The fourth-order valence-corrected chi connectivity index (χ4v) is 2.96. The summed E-state index contributed by atoms with van der Waals surface area (Å²) >= 11 is 0. The second-order valence-electron chi connectivity index (χ2n) is 5.40. The predicted molar refractivity (Wildman–Crippen MR) is 72.8 cm³/mol. The van der Waals surface area contributed by atoms with Gasteiger partial charge in [0.1, 0.15) is 0 Å². The Labute approximate surface area is 109 Å². The lowest BCUT2D eigenvalue weighted by Gasteiger charge is -2.14. The van der Waals surface area contributed by atoms with Crippen LogP contribution in [0.4, 0.5) is 0 Å². The summed E-state index contributed by atoms with van der Waals surface area (Å²) in [5.41, 5.74) is 5.24. The van der Waals surface area contributed by atoms with Crippen LogP contribution in [0, 0.1) is 12.8 Å². The van der Waals surface area contributed by atoms with E-state index in [1.807, 2.05) is 6.92 Å². The van der Waals surface area contributed by atoms with Gasteiger partial charge in [0.25, 0.3) is 0 Å². The van der Waals surface area contributed by atoms with Gasteiger partial charge < -0.3 is 4.74 Å². The first-order valence-electron chi connectivity index (χ1n) is 6.76. The Hall–Kier alpha value is -1.31. The van der Waals surface area contributed by atoms with Crippen LogP contribution in [0.2, 0.25) is 0 Å². The molecule has 2 unspecified atom stereocenters. The number of hydrogen-bond donors (Lipinski definition) is 0. The van der Waals surface area contributed by atoms with Crippen molar-refractivity contribution in [3.05, 3.63) is 34.4 Å². The molecule has 1 aliphatic carbocycles. The van der Waals surface area contributed by atoms with Crippen LogP contribution in [-0.2, 0) is 22.4 Å². The molecule has 18 heavy (non-hydrogen) atoms. The Morgan fingerprint density at radius 1 is 1.39 bits per heavy atom. The molecule has 1 aromatic rings. The number of fused-ring (bicyclic) bond motifs is 1. The van der Waals surface area contributed by atoms with Gasteiger partial charge in [-0.05, 0) is 54.9 Å². The second-order valence-corrected chi connectivity index (χ2v) is 5.40. The van der Waals surface area contributed by atoms with Crippen molar-refractivity contribution < 1.29 is 9.53 Å². The molecule has 0 aliphatic heterocycles. The van der Waals surface area contributed by atoms with E-state index in [9.17, 15) is 4.79 Å². The number of benzene rings is 1. The van der Waals surface area contributed by atoms with E-state index in [4.69, 9.17) is 4.74 Å². The number of carbonyl (C=O) groups excluding carboxylic acids is 1. The molecule has 1 aromatic carbocycles. The zero-order valence-electron chi connectivity index (χ0n) is 11.7. The van der Waals surface area contributed by atoms with Crippen LogP contribution in [0.15, 0.2) is 12.1 Å². The highest BCUT2D eigenvalue weighted by molar-refractivity contribution is 5.78. The molecule has 1 aliphatic rings. The molecule has 0 fully saturated rings. The molecule has 2 nitrogen and oxygen atoms in total. The Bertz CT molecular complexity index is 462. The number of methoxy groups -OCH3 is 1. The summed E-state index contributed by atoms with van der Waals surface area (Å²) in [6, 6.07) is 4.49. The molecule has 0 radical (unpaired) electrons. The SMILES string of the molecule is CCC1Cc2cc(C)c(C(C)C(=O)OC)cc2C1. The monoisotopic (exact) mass is 246 g/mol. The third-order valence-corrected chi connectivity index (χ3v) is 4.20. The van der Waals surface area contributed by atoms with Gasteiger partial charge in [0.15, 0.2) is 0 Å². The summed E-state index contributed by atoms with van der Waals surface area (Å²) in [6.07, 6.45) is 3.59. The molecule has 0 saturated heterocycles. The minimum absolute atomic E-state index is 0.150. The van der Waals surface area contributed by atoms with Crippen molar-refractivity contribution in [3.63, 3.8) is 0 Å². The highest BCUT2D eigenvalue weighted by Crippen LogP contribution is 2.33. The molecule has 2 heteroatoms. The largest absolute Gasteiger partial charge is 0.469 e. The van der Waals surface area contributed by atoms with Crippen molar-refractivity contribution in [3.8, 4) is 0 Å². The highest BCUT2D eigenvalue weighted by Gasteiger charge is 2.24. The van der Waals surface area contributed by atoms with Gasteiger partial charge in [-0.3, -0.25) is 4.79 Å². The van der Waals surface area contributed by atoms with Crippen molar-refractivity contribution in [1.82, 2.24) is 0 Å². The first kappa shape index (κ1) is 13.1. The van der Waals surface area contributed by atoms with Gasteiger partial charge in [-0.25, -0.2) is 0 Å². The average Bonchev–Trinajstić information content (AvgIpc) is 2.77. The van der Waals surface area contributed by atoms with Gasteiger partial charge in [0.05, 0.1) is 13.0 Å². The van der Waals surface area contributed by atoms with Crippen molar-refractivity contribution >= 4 is 5.97 Å².